The number of nitrogens with one attached hydrogen (secondary N) is 1. The van der Waals surface area contributed by atoms with Crippen LogP contribution in [0.5, 0.6) is 0 Å². The Morgan fingerprint density at radius 1 is 1.06 bits per heavy atom. The molecule has 8 heteroatoms. The van der Waals surface area contributed by atoms with Gasteiger partial charge in [0.05, 0.1) is 13.0 Å². The Labute approximate surface area is 197 Å². The highest BCUT2D eigenvalue weighted by Gasteiger charge is 2.15. The second-order valence-corrected chi connectivity index (χ2v) is 8.00. The molecule has 0 saturated heterocycles. The monoisotopic (exact) mass is 458 g/mol. The maximum atomic E-state index is 10.7. The van der Waals surface area contributed by atoms with E-state index in [1.807, 2.05) is 37.3 Å². The molecule has 0 aliphatic heterocycles. The van der Waals surface area contributed by atoms with E-state index in [0.29, 0.717) is 36.2 Å². The molecule has 0 amide bonds. The van der Waals surface area contributed by atoms with E-state index in [1.165, 1.54) is 5.56 Å². The Kier molecular flexibility index (Phi) is 6.98. The number of hydrogen-bond donors (Lipinski definition) is 2. The number of hydrogen-bond acceptors (Lipinski definition) is 7. The number of aromatic nitrogens is 3. The summed E-state index contributed by atoms with van der Waals surface area (Å²) in [5, 5.41) is 15.9. The summed E-state index contributed by atoms with van der Waals surface area (Å²) < 4.78 is 11.0. The van der Waals surface area contributed by atoms with Crippen LogP contribution < -0.4 is 5.32 Å². The van der Waals surface area contributed by atoms with Crippen molar-refractivity contribution in [2.75, 3.05) is 19.0 Å². The highest BCUT2D eigenvalue weighted by molar-refractivity contribution is 5.74. The van der Waals surface area contributed by atoms with Crippen LogP contribution in [-0.4, -0.2) is 39.9 Å². The minimum absolute atomic E-state index is 0.0186. The lowest BCUT2D eigenvalue weighted by Gasteiger charge is -2.12. The van der Waals surface area contributed by atoms with Gasteiger partial charge in [0.15, 0.2) is 0 Å². The minimum atomic E-state index is -0.860. The van der Waals surface area contributed by atoms with Gasteiger partial charge in [-0.1, -0.05) is 35.5 Å². The molecule has 174 valence electrons. The van der Waals surface area contributed by atoms with Gasteiger partial charge in [-0.25, -0.2) is 4.98 Å². The van der Waals surface area contributed by atoms with E-state index >= 15 is 0 Å². The molecule has 4 aromatic rings. The van der Waals surface area contributed by atoms with Crippen molar-refractivity contribution < 1.29 is 19.2 Å². The van der Waals surface area contributed by atoms with Gasteiger partial charge in [0.2, 0.25) is 5.82 Å². The molecule has 4 rings (SSSR count). The molecule has 2 N–H and O–H groups in total. The lowest BCUT2D eigenvalue weighted by molar-refractivity contribution is -0.136. The van der Waals surface area contributed by atoms with Gasteiger partial charge in [0.25, 0.3) is 5.89 Å². The predicted molar refractivity (Wildman–Crippen MR) is 129 cm³/mol. The second kappa shape index (κ2) is 10.3. The maximum absolute atomic E-state index is 10.7. The van der Waals surface area contributed by atoms with Crippen LogP contribution in [0.25, 0.3) is 34.0 Å². The van der Waals surface area contributed by atoms with E-state index in [1.54, 1.807) is 13.3 Å². The first-order valence-corrected chi connectivity index (χ1v) is 10.9. The minimum Gasteiger partial charge on any atom is -0.481 e. The molecular weight excluding hydrogens is 432 g/mol. The van der Waals surface area contributed by atoms with E-state index in [-0.39, 0.29) is 6.42 Å². The average molecular weight is 459 g/mol. The Hall–Kier alpha value is -4.04. The number of ether oxygens (including phenoxy) is 1. The molecule has 2 aromatic heterocycles. The van der Waals surface area contributed by atoms with Crippen LogP contribution >= 0.6 is 0 Å². The zero-order valence-corrected chi connectivity index (χ0v) is 19.3. The Morgan fingerprint density at radius 3 is 2.62 bits per heavy atom. The normalized spacial score (nSPS) is 10.9. The van der Waals surface area contributed by atoms with E-state index in [2.05, 4.69) is 45.6 Å². The number of methoxy groups -OCH3 is 1. The van der Waals surface area contributed by atoms with Gasteiger partial charge in [0, 0.05) is 31.0 Å². The molecule has 0 saturated carbocycles. The number of rotatable bonds is 9. The molecule has 34 heavy (non-hydrogen) atoms. The third-order valence-electron chi connectivity index (χ3n) is 5.48. The standard InChI is InChI=1S/C26H26N4O4/c1-16-6-4-5-7-21(16)22-9-8-18(13-20(22)15-33-3)26-29-25(30-34-26)19-12-17(2)24(28-14-19)27-11-10-23(31)32/h4-9,12-14H,10-11,15H2,1-3H3,(H,27,28)(H,31,32). The number of carboxylic acids is 1. The predicted octanol–water partition coefficient (Wildman–Crippen LogP) is 5.12. The molecule has 2 aromatic carbocycles. The lowest BCUT2D eigenvalue weighted by atomic mass is 9.94. The second-order valence-electron chi connectivity index (χ2n) is 8.00. The molecule has 0 atom stereocenters. The van der Waals surface area contributed by atoms with Crippen LogP contribution in [0.3, 0.4) is 0 Å². The third kappa shape index (κ3) is 5.13. The zero-order chi connectivity index (χ0) is 24.1. The van der Waals surface area contributed by atoms with Gasteiger partial charge in [0.1, 0.15) is 5.82 Å². The smallest absolute Gasteiger partial charge is 0.305 e. The Bertz CT molecular complexity index is 1320. The number of carbonyl (C=O) groups is 1. The number of anilines is 1. The highest BCUT2D eigenvalue weighted by atomic mass is 16.5. The van der Waals surface area contributed by atoms with Crippen molar-refractivity contribution in [2.45, 2.75) is 26.9 Å². The van der Waals surface area contributed by atoms with Gasteiger partial charge < -0.3 is 19.7 Å². The Balaban J connectivity index is 1.59. The molecule has 0 unspecified atom stereocenters. The maximum Gasteiger partial charge on any atom is 0.305 e. The van der Waals surface area contributed by atoms with Crippen molar-refractivity contribution in [2.24, 2.45) is 0 Å². The van der Waals surface area contributed by atoms with E-state index in [9.17, 15) is 4.79 Å². The van der Waals surface area contributed by atoms with Gasteiger partial charge in [-0.3, -0.25) is 4.79 Å². The first-order chi connectivity index (χ1) is 16.5. The van der Waals surface area contributed by atoms with Gasteiger partial charge in [-0.15, -0.1) is 0 Å². The van der Waals surface area contributed by atoms with E-state index in [4.69, 9.17) is 14.4 Å². The molecule has 0 spiro atoms. The number of benzene rings is 2. The lowest BCUT2D eigenvalue weighted by Crippen LogP contribution is -2.09. The van der Waals surface area contributed by atoms with Crippen molar-refractivity contribution in [1.82, 2.24) is 15.1 Å². The summed E-state index contributed by atoms with van der Waals surface area (Å²) in [7, 11) is 1.68. The zero-order valence-electron chi connectivity index (χ0n) is 19.3. The van der Waals surface area contributed by atoms with E-state index < -0.39 is 5.97 Å². The first-order valence-electron chi connectivity index (χ1n) is 10.9. The molecule has 0 radical (unpaired) electrons. The van der Waals surface area contributed by atoms with E-state index in [0.717, 1.165) is 27.8 Å². The largest absolute Gasteiger partial charge is 0.481 e. The number of pyridine rings is 1. The average Bonchev–Trinajstić information content (AvgIpc) is 3.31. The molecule has 0 aliphatic rings. The van der Waals surface area contributed by atoms with Crippen LogP contribution in [0, 0.1) is 13.8 Å². The summed E-state index contributed by atoms with van der Waals surface area (Å²) >= 11 is 0. The van der Waals surface area contributed by atoms with Gasteiger partial charge in [-0.2, -0.15) is 4.98 Å². The molecule has 8 nitrogen and oxygen atoms in total. The van der Waals surface area contributed by atoms with Crippen LogP contribution in [-0.2, 0) is 16.1 Å². The van der Waals surface area contributed by atoms with Crippen LogP contribution in [0.15, 0.2) is 59.3 Å². The van der Waals surface area contributed by atoms with Crippen LogP contribution in [0.4, 0.5) is 5.82 Å². The van der Waals surface area contributed by atoms with Crippen LogP contribution in [0.1, 0.15) is 23.1 Å². The van der Waals surface area contributed by atoms with Crippen molar-refractivity contribution in [3.05, 3.63) is 71.4 Å². The third-order valence-corrected chi connectivity index (χ3v) is 5.48. The summed E-state index contributed by atoms with van der Waals surface area (Å²) in [5.74, 6) is 0.607. The summed E-state index contributed by atoms with van der Waals surface area (Å²) in [6.07, 6.45) is 1.66. The molecule has 0 bridgehead atoms. The fourth-order valence-electron chi connectivity index (χ4n) is 3.77. The molecule has 2 heterocycles. The highest BCUT2D eigenvalue weighted by Crippen LogP contribution is 2.32. The van der Waals surface area contributed by atoms with Gasteiger partial charge in [-0.05, 0) is 59.9 Å². The Morgan fingerprint density at radius 2 is 1.88 bits per heavy atom. The summed E-state index contributed by atoms with van der Waals surface area (Å²) in [6, 6.07) is 16.2. The van der Waals surface area contributed by atoms with Crippen molar-refractivity contribution >= 4 is 11.8 Å². The number of aryl methyl sites for hydroxylation is 2. The number of aliphatic carboxylic acids is 1. The number of nitrogens with zero attached hydrogens (tertiary/aromatic N) is 3. The van der Waals surface area contributed by atoms with Crippen molar-refractivity contribution in [3.8, 4) is 34.0 Å². The number of carboxylic acid groups (broad SMARTS) is 1. The van der Waals surface area contributed by atoms with Crippen LogP contribution in [0.2, 0.25) is 0 Å². The summed E-state index contributed by atoms with van der Waals surface area (Å²) in [6.45, 7) is 4.74. The molecular formula is C26H26N4O4. The molecule has 0 aliphatic carbocycles. The summed E-state index contributed by atoms with van der Waals surface area (Å²) in [4.78, 5) is 19.7. The fourth-order valence-corrected chi connectivity index (χ4v) is 3.77. The molecule has 0 fully saturated rings. The van der Waals surface area contributed by atoms with Gasteiger partial charge >= 0.3 is 5.97 Å². The SMILES string of the molecule is COCc1cc(-c2nc(-c3cnc(NCCC(=O)O)c(C)c3)no2)ccc1-c1ccccc1C. The first kappa shape index (κ1) is 23.1. The summed E-state index contributed by atoms with van der Waals surface area (Å²) in [5.41, 5.74) is 6.86. The quantitative estimate of drug-likeness (QED) is 0.356. The topological polar surface area (TPSA) is 110 Å². The fraction of sp³-hybridized carbons (Fsp3) is 0.231. The van der Waals surface area contributed by atoms with Crippen molar-refractivity contribution in [3.63, 3.8) is 0 Å². The van der Waals surface area contributed by atoms with Crippen molar-refractivity contribution in [1.29, 1.82) is 0 Å².